The molecule has 0 bridgehead atoms. The van der Waals surface area contributed by atoms with Gasteiger partial charge in [-0.25, -0.2) is 0 Å². The number of carboxylic acid groups (broad SMARTS) is 1. The number of hydrogen-bond donors (Lipinski definition) is 3. The van der Waals surface area contributed by atoms with E-state index in [0.29, 0.717) is 11.3 Å². The number of rotatable bonds is 4. The van der Waals surface area contributed by atoms with Crippen LogP contribution in [0.1, 0.15) is 17.4 Å². The molecule has 3 aromatic rings. The number of hydrogen-bond acceptors (Lipinski definition) is 5. The van der Waals surface area contributed by atoms with Crippen molar-refractivity contribution in [2.75, 3.05) is 0 Å². The highest BCUT2D eigenvalue weighted by Gasteiger charge is 2.66. The van der Waals surface area contributed by atoms with Crippen LogP contribution in [0, 0.1) is 11.8 Å². The number of benzene rings is 2. The predicted octanol–water partition coefficient (Wildman–Crippen LogP) is 2.03. The van der Waals surface area contributed by atoms with Crippen molar-refractivity contribution in [1.29, 1.82) is 0 Å². The first-order valence-electron chi connectivity index (χ1n) is 9.38. The number of nitrogens with one attached hydrogen (secondary N) is 2. The molecule has 7 nitrogen and oxygen atoms in total. The molecular formula is C22H18N2O5. The van der Waals surface area contributed by atoms with E-state index >= 15 is 0 Å². The lowest BCUT2D eigenvalue weighted by Gasteiger charge is -2.29. The predicted molar refractivity (Wildman–Crippen MR) is 103 cm³/mol. The topological polar surface area (TPSA) is 109 Å². The summed E-state index contributed by atoms with van der Waals surface area (Å²) in [5.41, 5.74) is -0.216. The molecule has 29 heavy (non-hydrogen) atoms. The molecule has 3 heterocycles. The van der Waals surface area contributed by atoms with Crippen LogP contribution in [0.4, 0.5) is 0 Å². The van der Waals surface area contributed by atoms with Crippen molar-refractivity contribution in [3.05, 3.63) is 72.0 Å². The summed E-state index contributed by atoms with van der Waals surface area (Å²) in [7, 11) is 0. The number of carbonyl (C=O) groups is 3. The Morgan fingerprint density at radius 1 is 1.03 bits per heavy atom. The first-order valence-corrected chi connectivity index (χ1v) is 9.38. The smallest absolute Gasteiger partial charge is 0.325 e. The Bertz CT molecular complexity index is 1110. The van der Waals surface area contributed by atoms with Crippen molar-refractivity contribution >= 4 is 28.8 Å². The second kappa shape index (κ2) is 6.28. The van der Waals surface area contributed by atoms with Gasteiger partial charge in [-0.05, 0) is 17.7 Å². The fourth-order valence-corrected chi connectivity index (χ4v) is 4.68. The summed E-state index contributed by atoms with van der Waals surface area (Å²) in [4.78, 5) is 37.8. The molecule has 4 unspecified atom stereocenters. The van der Waals surface area contributed by atoms with Gasteiger partial charge in [0.05, 0.1) is 17.9 Å². The SMILES string of the molecule is O=C1NC(=O)C2C1C(c1cc3ccccc3o1)NC2(Cc1ccccc1)C(=O)O. The normalized spacial score (nSPS) is 28.5. The van der Waals surface area contributed by atoms with Crippen LogP contribution in [0.3, 0.4) is 0 Å². The number of aliphatic carboxylic acids is 1. The lowest BCUT2D eigenvalue weighted by molar-refractivity contribution is -0.149. The van der Waals surface area contributed by atoms with Crippen molar-refractivity contribution in [3.8, 4) is 0 Å². The molecule has 0 spiro atoms. The van der Waals surface area contributed by atoms with Crippen LogP contribution >= 0.6 is 0 Å². The molecule has 0 radical (unpaired) electrons. The lowest BCUT2D eigenvalue weighted by Crippen LogP contribution is -2.57. The number of amides is 2. The molecule has 2 aliphatic heterocycles. The summed E-state index contributed by atoms with van der Waals surface area (Å²) in [5, 5.41) is 16.5. The van der Waals surface area contributed by atoms with Crippen LogP contribution < -0.4 is 10.6 Å². The van der Waals surface area contributed by atoms with E-state index in [1.54, 1.807) is 12.1 Å². The molecule has 0 saturated carbocycles. The summed E-state index contributed by atoms with van der Waals surface area (Å²) in [5.74, 6) is -3.66. The molecule has 146 valence electrons. The minimum Gasteiger partial charge on any atom is -0.480 e. The molecule has 2 fully saturated rings. The fraction of sp³-hybridized carbons (Fsp3) is 0.227. The molecule has 7 heteroatoms. The maximum absolute atomic E-state index is 12.7. The van der Waals surface area contributed by atoms with Gasteiger partial charge in [0.25, 0.3) is 0 Å². The number of carbonyl (C=O) groups excluding carboxylic acids is 2. The quantitative estimate of drug-likeness (QED) is 0.588. The number of fused-ring (bicyclic) bond motifs is 2. The van der Waals surface area contributed by atoms with Gasteiger partial charge in [-0.1, -0.05) is 48.5 Å². The summed E-state index contributed by atoms with van der Waals surface area (Å²) < 4.78 is 5.92. The van der Waals surface area contributed by atoms with E-state index in [-0.39, 0.29) is 6.42 Å². The molecule has 1 aromatic heterocycles. The molecule has 3 N–H and O–H groups in total. The largest absolute Gasteiger partial charge is 0.480 e. The number of furan rings is 1. The Morgan fingerprint density at radius 3 is 2.48 bits per heavy atom. The van der Waals surface area contributed by atoms with E-state index in [1.807, 2.05) is 48.5 Å². The molecule has 5 rings (SSSR count). The second-order valence-corrected chi connectivity index (χ2v) is 7.60. The van der Waals surface area contributed by atoms with Crippen LogP contribution in [0.25, 0.3) is 11.0 Å². The van der Waals surface area contributed by atoms with Gasteiger partial charge < -0.3 is 9.52 Å². The van der Waals surface area contributed by atoms with E-state index in [9.17, 15) is 19.5 Å². The number of para-hydroxylation sites is 1. The molecule has 2 saturated heterocycles. The van der Waals surface area contributed by atoms with Gasteiger partial charge in [0, 0.05) is 11.8 Å². The molecular weight excluding hydrogens is 372 g/mol. The van der Waals surface area contributed by atoms with Gasteiger partial charge in [0.1, 0.15) is 16.9 Å². The third-order valence-corrected chi connectivity index (χ3v) is 5.95. The van der Waals surface area contributed by atoms with E-state index in [0.717, 1.165) is 10.9 Å². The van der Waals surface area contributed by atoms with Crippen molar-refractivity contribution in [3.63, 3.8) is 0 Å². The summed E-state index contributed by atoms with van der Waals surface area (Å²) in [6, 6.07) is 17.5. The van der Waals surface area contributed by atoms with Gasteiger partial charge in [-0.3, -0.25) is 25.0 Å². The highest BCUT2D eigenvalue weighted by Crippen LogP contribution is 2.48. The second-order valence-electron chi connectivity index (χ2n) is 7.60. The number of imide groups is 1. The Labute approximate surface area is 165 Å². The van der Waals surface area contributed by atoms with E-state index in [1.165, 1.54) is 0 Å². The highest BCUT2D eigenvalue weighted by atomic mass is 16.4. The zero-order chi connectivity index (χ0) is 20.2. The lowest BCUT2D eigenvalue weighted by atomic mass is 9.76. The summed E-state index contributed by atoms with van der Waals surface area (Å²) in [6.07, 6.45) is 0.0712. The Kier molecular flexibility index (Phi) is 3.82. The zero-order valence-electron chi connectivity index (χ0n) is 15.3. The van der Waals surface area contributed by atoms with Crippen LogP contribution in [0.5, 0.6) is 0 Å². The first kappa shape index (κ1) is 17.6. The third kappa shape index (κ3) is 2.58. The molecule has 0 aliphatic carbocycles. The van der Waals surface area contributed by atoms with Gasteiger partial charge in [0.2, 0.25) is 11.8 Å². The van der Waals surface area contributed by atoms with Crippen molar-refractivity contribution < 1.29 is 23.9 Å². The van der Waals surface area contributed by atoms with Crippen molar-refractivity contribution in [2.24, 2.45) is 11.8 Å². The zero-order valence-corrected chi connectivity index (χ0v) is 15.3. The molecule has 2 aliphatic rings. The minimum absolute atomic E-state index is 0.0712. The van der Waals surface area contributed by atoms with E-state index < -0.39 is 41.2 Å². The maximum atomic E-state index is 12.7. The van der Waals surface area contributed by atoms with Crippen molar-refractivity contribution in [2.45, 2.75) is 18.0 Å². The van der Waals surface area contributed by atoms with Gasteiger partial charge in [-0.15, -0.1) is 0 Å². The minimum atomic E-state index is -1.62. The summed E-state index contributed by atoms with van der Waals surface area (Å²) in [6.45, 7) is 0. The van der Waals surface area contributed by atoms with Crippen LogP contribution in [-0.4, -0.2) is 28.4 Å². The maximum Gasteiger partial charge on any atom is 0.325 e. The van der Waals surface area contributed by atoms with E-state index in [4.69, 9.17) is 4.42 Å². The molecule has 2 aromatic carbocycles. The standard InChI is InChI=1S/C22H18N2O5/c25-19-16-17(20(26)23-19)22(21(27)28,11-12-6-2-1-3-7-12)24-18(16)15-10-13-8-4-5-9-14(13)29-15/h1-10,16-18,24H,11H2,(H,27,28)(H,23,25,26). The molecule has 4 atom stereocenters. The van der Waals surface area contributed by atoms with Crippen LogP contribution in [-0.2, 0) is 20.8 Å². The fourth-order valence-electron chi connectivity index (χ4n) is 4.68. The third-order valence-electron chi connectivity index (χ3n) is 5.95. The van der Waals surface area contributed by atoms with Crippen molar-refractivity contribution in [1.82, 2.24) is 10.6 Å². The number of carboxylic acids is 1. The highest BCUT2D eigenvalue weighted by molar-refractivity contribution is 6.09. The van der Waals surface area contributed by atoms with Gasteiger partial charge in [-0.2, -0.15) is 0 Å². The average molecular weight is 390 g/mol. The Hall–Kier alpha value is -3.45. The van der Waals surface area contributed by atoms with E-state index in [2.05, 4.69) is 10.6 Å². The first-order chi connectivity index (χ1) is 14.0. The van der Waals surface area contributed by atoms with Crippen LogP contribution in [0.2, 0.25) is 0 Å². The van der Waals surface area contributed by atoms with Gasteiger partial charge in [0.15, 0.2) is 0 Å². The van der Waals surface area contributed by atoms with Gasteiger partial charge >= 0.3 is 5.97 Å². The average Bonchev–Trinajstić information content (AvgIpc) is 3.36. The monoisotopic (exact) mass is 390 g/mol. The van der Waals surface area contributed by atoms with Crippen LogP contribution in [0.15, 0.2) is 65.1 Å². The molecule has 2 amide bonds. The Morgan fingerprint density at radius 2 is 1.76 bits per heavy atom. The Balaban J connectivity index is 1.63. The summed E-state index contributed by atoms with van der Waals surface area (Å²) >= 11 is 0.